The van der Waals surface area contributed by atoms with E-state index >= 15 is 0 Å². The molecular formula is C31H36FN3O5S. The first-order valence-electron chi connectivity index (χ1n) is 13.8. The monoisotopic (exact) mass is 581 g/mol. The number of amides is 2. The van der Waals surface area contributed by atoms with Crippen molar-refractivity contribution in [2.45, 2.75) is 62.6 Å². The van der Waals surface area contributed by atoms with Gasteiger partial charge in [-0.3, -0.25) is 13.9 Å². The molecule has 0 spiro atoms. The van der Waals surface area contributed by atoms with Crippen molar-refractivity contribution in [3.05, 3.63) is 90.2 Å². The van der Waals surface area contributed by atoms with Gasteiger partial charge in [0, 0.05) is 12.6 Å². The number of sulfonamides is 1. The highest BCUT2D eigenvalue weighted by atomic mass is 32.2. The molecule has 0 saturated heterocycles. The van der Waals surface area contributed by atoms with Crippen molar-refractivity contribution in [1.82, 2.24) is 10.2 Å². The third-order valence-electron chi connectivity index (χ3n) is 7.30. The van der Waals surface area contributed by atoms with Gasteiger partial charge in [0.2, 0.25) is 11.8 Å². The van der Waals surface area contributed by atoms with E-state index in [4.69, 9.17) is 4.74 Å². The predicted molar refractivity (Wildman–Crippen MR) is 155 cm³/mol. The Labute approximate surface area is 241 Å². The molecular weight excluding hydrogens is 545 g/mol. The number of halogens is 1. The highest BCUT2D eigenvalue weighted by molar-refractivity contribution is 7.92. The number of carbonyl (C=O) groups is 2. The summed E-state index contributed by atoms with van der Waals surface area (Å²) in [6.07, 6.45) is 4.19. The number of anilines is 1. The van der Waals surface area contributed by atoms with E-state index in [1.165, 1.54) is 29.2 Å². The lowest BCUT2D eigenvalue weighted by Crippen LogP contribution is -2.53. The molecule has 4 rings (SSSR count). The molecule has 0 bridgehead atoms. The van der Waals surface area contributed by atoms with E-state index in [2.05, 4.69) is 5.32 Å². The lowest BCUT2D eigenvalue weighted by Gasteiger charge is -2.33. The van der Waals surface area contributed by atoms with Gasteiger partial charge in [-0.25, -0.2) is 12.8 Å². The van der Waals surface area contributed by atoms with Crippen LogP contribution >= 0.6 is 0 Å². The topological polar surface area (TPSA) is 96.0 Å². The number of benzene rings is 3. The summed E-state index contributed by atoms with van der Waals surface area (Å²) < 4.78 is 47.7. The van der Waals surface area contributed by atoms with Crippen LogP contribution in [0.5, 0.6) is 5.75 Å². The van der Waals surface area contributed by atoms with E-state index in [0.717, 1.165) is 47.7 Å². The Morgan fingerprint density at radius 1 is 1.00 bits per heavy atom. The summed E-state index contributed by atoms with van der Waals surface area (Å²) in [5.74, 6) is -0.774. The predicted octanol–water partition coefficient (Wildman–Crippen LogP) is 4.90. The Kier molecular flexibility index (Phi) is 9.99. The number of ether oxygens (including phenoxy) is 1. The zero-order valence-electron chi connectivity index (χ0n) is 23.3. The highest BCUT2D eigenvalue weighted by Crippen LogP contribution is 2.26. The minimum absolute atomic E-state index is 0.0116. The molecule has 1 atom stereocenters. The smallest absolute Gasteiger partial charge is 0.264 e. The van der Waals surface area contributed by atoms with E-state index in [9.17, 15) is 22.4 Å². The Balaban J connectivity index is 1.71. The van der Waals surface area contributed by atoms with Crippen LogP contribution < -0.4 is 14.4 Å². The number of carbonyl (C=O) groups excluding carboxylic acids is 2. The van der Waals surface area contributed by atoms with Gasteiger partial charge in [0.05, 0.1) is 17.7 Å². The molecule has 41 heavy (non-hydrogen) atoms. The van der Waals surface area contributed by atoms with Crippen LogP contribution in [-0.2, 0) is 26.2 Å². The molecule has 2 amide bonds. The van der Waals surface area contributed by atoms with Crippen LogP contribution in [0.3, 0.4) is 0 Å². The molecule has 1 unspecified atom stereocenters. The molecule has 218 valence electrons. The molecule has 0 radical (unpaired) electrons. The van der Waals surface area contributed by atoms with E-state index < -0.39 is 34.3 Å². The second-order valence-electron chi connectivity index (χ2n) is 10.1. The quantitative estimate of drug-likeness (QED) is 0.329. The third kappa shape index (κ3) is 7.43. The van der Waals surface area contributed by atoms with E-state index in [0.29, 0.717) is 12.2 Å². The summed E-state index contributed by atoms with van der Waals surface area (Å²) in [7, 11) is -2.66. The van der Waals surface area contributed by atoms with Crippen LogP contribution in [0.2, 0.25) is 0 Å². The zero-order valence-corrected chi connectivity index (χ0v) is 24.1. The van der Waals surface area contributed by atoms with Gasteiger partial charge in [0.25, 0.3) is 10.0 Å². The summed E-state index contributed by atoms with van der Waals surface area (Å²) in [5.41, 5.74) is 0.859. The van der Waals surface area contributed by atoms with Gasteiger partial charge in [-0.2, -0.15) is 0 Å². The summed E-state index contributed by atoms with van der Waals surface area (Å²) in [5, 5.41) is 3.09. The first-order chi connectivity index (χ1) is 19.7. The van der Waals surface area contributed by atoms with Crippen molar-refractivity contribution in [2.75, 3.05) is 18.0 Å². The average molecular weight is 582 g/mol. The van der Waals surface area contributed by atoms with Gasteiger partial charge in [-0.1, -0.05) is 50.1 Å². The second kappa shape index (κ2) is 13.6. The van der Waals surface area contributed by atoms with E-state index in [1.54, 1.807) is 43.5 Å². The van der Waals surface area contributed by atoms with Crippen molar-refractivity contribution < 1.29 is 27.1 Å². The number of hydrogen-bond acceptors (Lipinski definition) is 5. The molecule has 10 heteroatoms. The SMILES string of the molecule is CCC(C(=O)NC1CCCC1)N(Cc1cccc(OC)c1)C(=O)CN(c1ccc(F)cc1)S(=O)(=O)c1ccccc1. The van der Waals surface area contributed by atoms with Crippen LogP contribution in [-0.4, -0.2) is 50.9 Å². The van der Waals surface area contributed by atoms with Gasteiger partial charge in [0.15, 0.2) is 0 Å². The Morgan fingerprint density at radius 2 is 1.68 bits per heavy atom. The first kappa shape index (κ1) is 30.0. The Bertz CT molecular complexity index is 1430. The molecule has 1 aliphatic carbocycles. The number of methoxy groups -OCH3 is 1. The van der Waals surface area contributed by atoms with Crippen LogP contribution in [0.1, 0.15) is 44.6 Å². The molecule has 8 nitrogen and oxygen atoms in total. The number of nitrogens with zero attached hydrogens (tertiary/aromatic N) is 2. The van der Waals surface area contributed by atoms with Gasteiger partial charge in [-0.05, 0) is 73.4 Å². The molecule has 1 aliphatic rings. The fourth-order valence-electron chi connectivity index (χ4n) is 5.11. The lowest BCUT2D eigenvalue weighted by molar-refractivity contribution is -0.140. The molecule has 1 N–H and O–H groups in total. The lowest BCUT2D eigenvalue weighted by atomic mass is 10.1. The highest BCUT2D eigenvalue weighted by Gasteiger charge is 2.34. The molecule has 3 aromatic carbocycles. The number of nitrogens with one attached hydrogen (secondary N) is 1. The van der Waals surface area contributed by atoms with Crippen molar-refractivity contribution in [1.29, 1.82) is 0 Å². The fourth-order valence-corrected chi connectivity index (χ4v) is 6.55. The summed E-state index contributed by atoms with van der Waals surface area (Å²) >= 11 is 0. The summed E-state index contributed by atoms with van der Waals surface area (Å²) in [6, 6.07) is 19.1. The standard InChI is InChI=1S/C31H36FN3O5S/c1-3-29(31(37)33-25-11-7-8-12-25)34(21-23-10-9-13-27(20-23)40-2)30(36)22-35(26-18-16-24(32)17-19-26)41(38,39)28-14-5-4-6-15-28/h4-6,9-10,13-20,25,29H,3,7-8,11-12,21-22H2,1-2H3,(H,33,37). The summed E-state index contributed by atoms with van der Waals surface area (Å²) in [4.78, 5) is 29.0. The largest absolute Gasteiger partial charge is 0.497 e. The third-order valence-corrected chi connectivity index (χ3v) is 9.09. The fraction of sp³-hybridized carbons (Fsp3) is 0.355. The summed E-state index contributed by atoms with van der Waals surface area (Å²) in [6.45, 7) is 1.30. The molecule has 1 fully saturated rings. The van der Waals surface area contributed by atoms with Gasteiger partial charge in [-0.15, -0.1) is 0 Å². The maximum atomic E-state index is 14.1. The van der Waals surface area contributed by atoms with Gasteiger partial charge >= 0.3 is 0 Å². The Morgan fingerprint density at radius 3 is 2.32 bits per heavy atom. The number of rotatable bonds is 12. The molecule has 1 saturated carbocycles. The van der Waals surface area contributed by atoms with Gasteiger partial charge < -0.3 is 15.0 Å². The van der Waals surface area contributed by atoms with Crippen LogP contribution in [0.15, 0.2) is 83.8 Å². The first-order valence-corrected chi connectivity index (χ1v) is 15.2. The molecule has 0 heterocycles. The Hall–Kier alpha value is -3.92. The average Bonchev–Trinajstić information content (AvgIpc) is 3.49. The van der Waals surface area contributed by atoms with Crippen LogP contribution in [0.4, 0.5) is 10.1 Å². The zero-order chi connectivity index (χ0) is 29.4. The van der Waals surface area contributed by atoms with Crippen molar-refractivity contribution in [2.24, 2.45) is 0 Å². The molecule has 0 aromatic heterocycles. The second-order valence-corrected chi connectivity index (χ2v) is 12.0. The minimum Gasteiger partial charge on any atom is -0.497 e. The van der Waals surface area contributed by atoms with Crippen molar-refractivity contribution >= 4 is 27.5 Å². The van der Waals surface area contributed by atoms with Crippen LogP contribution in [0.25, 0.3) is 0 Å². The van der Waals surface area contributed by atoms with E-state index in [-0.39, 0.29) is 29.1 Å². The normalized spacial score (nSPS) is 14.3. The molecule has 0 aliphatic heterocycles. The maximum Gasteiger partial charge on any atom is 0.264 e. The maximum absolute atomic E-state index is 14.1. The molecule has 3 aromatic rings. The van der Waals surface area contributed by atoms with Crippen molar-refractivity contribution in [3.8, 4) is 5.75 Å². The van der Waals surface area contributed by atoms with Crippen LogP contribution in [0, 0.1) is 5.82 Å². The van der Waals surface area contributed by atoms with Crippen molar-refractivity contribution in [3.63, 3.8) is 0 Å². The number of hydrogen-bond donors (Lipinski definition) is 1. The van der Waals surface area contributed by atoms with Gasteiger partial charge in [0.1, 0.15) is 24.2 Å². The minimum atomic E-state index is -4.21. The van der Waals surface area contributed by atoms with E-state index in [1.807, 2.05) is 13.0 Å².